The summed E-state index contributed by atoms with van der Waals surface area (Å²) in [4.78, 5) is 22.3. The second kappa shape index (κ2) is 8.44. The lowest BCUT2D eigenvalue weighted by atomic mass is 9.86. The molecule has 0 unspecified atom stereocenters. The van der Waals surface area contributed by atoms with E-state index < -0.39 is 10.8 Å². The van der Waals surface area contributed by atoms with Crippen molar-refractivity contribution < 1.29 is 14.5 Å². The Morgan fingerprint density at radius 3 is 2.37 bits per heavy atom. The number of amides is 1. The number of rotatable bonds is 6. The number of nitrogens with one attached hydrogen (secondary N) is 1. The number of hydrogen-bond acceptors (Lipinski definition) is 5. The maximum Gasteiger partial charge on any atom is 0.310 e. The van der Waals surface area contributed by atoms with Crippen LogP contribution in [0.1, 0.15) is 38.8 Å². The largest absolute Gasteiger partial charge is 0.477 e. The second-order valence-electron chi connectivity index (χ2n) is 7.07. The first kappa shape index (κ1) is 20.1. The zero-order valence-electron chi connectivity index (χ0n) is 15.9. The normalized spacial score (nSPS) is 11.8. The predicted molar refractivity (Wildman–Crippen MR) is 104 cm³/mol. The van der Waals surface area contributed by atoms with E-state index in [0.29, 0.717) is 5.71 Å². The van der Waals surface area contributed by atoms with Gasteiger partial charge in [-0.1, -0.05) is 57.2 Å². The highest BCUT2D eigenvalue weighted by atomic mass is 16.6. The molecule has 0 bridgehead atoms. The van der Waals surface area contributed by atoms with Crippen LogP contribution in [0.4, 0.5) is 5.69 Å². The van der Waals surface area contributed by atoms with Gasteiger partial charge in [0.15, 0.2) is 12.4 Å². The van der Waals surface area contributed by atoms with E-state index in [1.54, 1.807) is 13.0 Å². The van der Waals surface area contributed by atoms with Gasteiger partial charge in [-0.15, -0.1) is 0 Å². The molecule has 0 radical (unpaired) electrons. The molecule has 0 aliphatic heterocycles. The minimum Gasteiger partial charge on any atom is -0.477 e. The van der Waals surface area contributed by atoms with E-state index in [1.807, 2.05) is 24.3 Å². The molecule has 0 aliphatic rings. The van der Waals surface area contributed by atoms with Crippen molar-refractivity contribution >= 4 is 17.3 Å². The van der Waals surface area contributed by atoms with E-state index in [4.69, 9.17) is 4.74 Å². The SMILES string of the molecule is CC(=NNC(=O)COc1ccccc1[N+](=O)[O-])c1ccc(C(C)(C)C)cc1. The van der Waals surface area contributed by atoms with Gasteiger partial charge in [0.25, 0.3) is 5.91 Å². The molecule has 142 valence electrons. The molecule has 2 aromatic rings. The Morgan fingerprint density at radius 1 is 1.15 bits per heavy atom. The maximum atomic E-state index is 11.9. The van der Waals surface area contributed by atoms with Gasteiger partial charge >= 0.3 is 5.69 Å². The number of hydrazone groups is 1. The minimum absolute atomic E-state index is 0.0381. The molecular formula is C20H23N3O4. The number of nitro benzene ring substituents is 1. The van der Waals surface area contributed by atoms with Crippen LogP contribution in [0.5, 0.6) is 5.75 Å². The number of hydrogen-bond donors (Lipinski definition) is 1. The Balaban J connectivity index is 1.95. The van der Waals surface area contributed by atoms with Gasteiger partial charge in [-0.3, -0.25) is 14.9 Å². The monoisotopic (exact) mass is 369 g/mol. The minimum atomic E-state index is -0.559. The molecule has 1 N–H and O–H groups in total. The Kier molecular flexibility index (Phi) is 6.28. The molecule has 0 aliphatic carbocycles. The summed E-state index contributed by atoms with van der Waals surface area (Å²) in [6.07, 6.45) is 0. The zero-order valence-corrected chi connectivity index (χ0v) is 15.9. The van der Waals surface area contributed by atoms with Gasteiger partial charge in [0.1, 0.15) is 0 Å². The number of carbonyl (C=O) groups excluding carboxylic acids is 1. The number of nitro groups is 1. The van der Waals surface area contributed by atoms with Crippen molar-refractivity contribution in [3.05, 3.63) is 69.8 Å². The van der Waals surface area contributed by atoms with Crippen LogP contribution >= 0.6 is 0 Å². The number of nitrogens with zero attached hydrogens (tertiary/aromatic N) is 2. The number of para-hydroxylation sites is 2. The molecule has 1 amide bonds. The lowest BCUT2D eigenvalue weighted by Crippen LogP contribution is -2.25. The Labute approximate surface area is 158 Å². The molecule has 2 rings (SSSR count). The van der Waals surface area contributed by atoms with Crippen molar-refractivity contribution in [1.29, 1.82) is 0 Å². The fraction of sp³-hybridized carbons (Fsp3) is 0.300. The van der Waals surface area contributed by atoms with E-state index in [9.17, 15) is 14.9 Å². The van der Waals surface area contributed by atoms with Crippen LogP contribution in [0, 0.1) is 10.1 Å². The molecule has 27 heavy (non-hydrogen) atoms. The summed E-state index contributed by atoms with van der Waals surface area (Å²) in [5, 5.41) is 15.0. The number of benzene rings is 2. The predicted octanol–water partition coefficient (Wildman–Crippen LogP) is 3.81. The van der Waals surface area contributed by atoms with Crippen molar-refractivity contribution in [3.63, 3.8) is 0 Å². The highest BCUT2D eigenvalue weighted by Crippen LogP contribution is 2.25. The smallest absolute Gasteiger partial charge is 0.310 e. The van der Waals surface area contributed by atoms with E-state index in [0.717, 1.165) is 5.56 Å². The summed E-state index contributed by atoms with van der Waals surface area (Å²) in [5.74, 6) is -0.463. The molecule has 0 fully saturated rings. The maximum absolute atomic E-state index is 11.9. The topological polar surface area (TPSA) is 93.8 Å². The third-order valence-electron chi connectivity index (χ3n) is 3.94. The third-order valence-corrected chi connectivity index (χ3v) is 3.94. The molecule has 7 nitrogen and oxygen atoms in total. The van der Waals surface area contributed by atoms with Crippen molar-refractivity contribution in [2.45, 2.75) is 33.1 Å². The van der Waals surface area contributed by atoms with Crippen molar-refractivity contribution in [2.75, 3.05) is 6.61 Å². The van der Waals surface area contributed by atoms with Crippen LogP contribution in [0.25, 0.3) is 0 Å². The fourth-order valence-corrected chi connectivity index (χ4v) is 2.33. The molecule has 0 atom stereocenters. The van der Waals surface area contributed by atoms with Crippen LogP contribution in [0.2, 0.25) is 0 Å². The molecule has 0 spiro atoms. The molecule has 2 aromatic carbocycles. The van der Waals surface area contributed by atoms with Crippen molar-refractivity contribution in [1.82, 2.24) is 5.43 Å². The van der Waals surface area contributed by atoms with Gasteiger partial charge in [0.2, 0.25) is 0 Å². The van der Waals surface area contributed by atoms with E-state index in [-0.39, 0.29) is 23.5 Å². The second-order valence-corrected chi connectivity index (χ2v) is 7.07. The Bertz CT molecular complexity index is 852. The average Bonchev–Trinajstić information content (AvgIpc) is 2.64. The van der Waals surface area contributed by atoms with Crippen molar-refractivity contribution in [3.8, 4) is 5.75 Å². The first-order valence-electron chi connectivity index (χ1n) is 8.49. The van der Waals surface area contributed by atoms with Gasteiger partial charge in [0.05, 0.1) is 10.6 Å². The molecule has 0 saturated carbocycles. The summed E-state index contributed by atoms with van der Waals surface area (Å²) in [7, 11) is 0. The number of ether oxygens (including phenoxy) is 1. The summed E-state index contributed by atoms with van der Waals surface area (Å²) in [5.41, 5.74) is 5.02. The molecule has 0 saturated heterocycles. The molecule has 7 heteroatoms. The first-order chi connectivity index (χ1) is 12.7. The quantitative estimate of drug-likeness (QED) is 0.476. The first-order valence-corrected chi connectivity index (χ1v) is 8.49. The van der Waals surface area contributed by atoms with Gasteiger partial charge < -0.3 is 4.74 Å². The van der Waals surface area contributed by atoms with E-state index >= 15 is 0 Å². The van der Waals surface area contributed by atoms with E-state index in [2.05, 4.69) is 31.3 Å². The lowest BCUT2D eigenvalue weighted by molar-refractivity contribution is -0.385. The Morgan fingerprint density at radius 2 is 1.78 bits per heavy atom. The van der Waals surface area contributed by atoms with Crippen LogP contribution < -0.4 is 10.2 Å². The van der Waals surface area contributed by atoms with Gasteiger partial charge in [0, 0.05) is 6.07 Å². The standard InChI is InChI=1S/C20H23N3O4/c1-14(15-9-11-16(12-10-15)20(2,3)4)21-22-19(24)13-27-18-8-6-5-7-17(18)23(25)26/h5-12H,13H2,1-4H3,(H,22,24). The third kappa shape index (κ3) is 5.64. The summed E-state index contributed by atoms with van der Waals surface area (Å²) in [6, 6.07) is 13.9. The van der Waals surface area contributed by atoms with Crippen LogP contribution in [-0.2, 0) is 10.2 Å². The molecule has 0 heterocycles. The van der Waals surface area contributed by atoms with Crippen LogP contribution in [-0.4, -0.2) is 23.1 Å². The van der Waals surface area contributed by atoms with Gasteiger partial charge in [-0.25, -0.2) is 5.43 Å². The van der Waals surface area contributed by atoms with Gasteiger partial charge in [-0.2, -0.15) is 5.10 Å². The summed E-state index contributed by atoms with van der Waals surface area (Å²) in [6.45, 7) is 7.83. The average molecular weight is 369 g/mol. The molecule has 0 aromatic heterocycles. The van der Waals surface area contributed by atoms with Crippen molar-refractivity contribution in [2.24, 2.45) is 5.10 Å². The van der Waals surface area contributed by atoms with Crippen LogP contribution in [0.3, 0.4) is 0 Å². The fourth-order valence-electron chi connectivity index (χ4n) is 2.33. The summed E-state index contributed by atoms with van der Waals surface area (Å²) >= 11 is 0. The van der Waals surface area contributed by atoms with E-state index in [1.165, 1.54) is 23.8 Å². The highest BCUT2D eigenvalue weighted by Gasteiger charge is 2.15. The summed E-state index contributed by atoms with van der Waals surface area (Å²) < 4.78 is 5.23. The lowest BCUT2D eigenvalue weighted by Gasteiger charge is -2.19. The Hall–Kier alpha value is -3.22. The highest BCUT2D eigenvalue weighted by molar-refractivity contribution is 5.99. The zero-order chi connectivity index (χ0) is 20.0. The molecular weight excluding hydrogens is 346 g/mol. The van der Waals surface area contributed by atoms with Gasteiger partial charge in [-0.05, 0) is 29.5 Å². The van der Waals surface area contributed by atoms with Crippen LogP contribution in [0.15, 0.2) is 53.6 Å². The number of carbonyl (C=O) groups is 1.